The summed E-state index contributed by atoms with van der Waals surface area (Å²) in [4.78, 5) is 24.4. The molecule has 0 atom stereocenters. The van der Waals surface area contributed by atoms with Crippen LogP contribution in [-0.4, -0.2) is 47.8 Å². The van der Waals surface area contributed by atoms with Gasteiger partial charge in [-0.2, -0.15) is 0 Å². The number of para-hydroxylation sites is 1. The summed E-state index contributed by atoms with van der Waals surface area (Å²) in [5.41, 5.74) is 9.44. The highest BCUT2D eigenvalue weighted by molar-refractivity contribution is 6.06. The van der Waals surface area contributed by atoms with Gasteiger partial charge in [-0.1, -0.05) is 42.5 Å². The SMILES string of the molecule is CN(C)Cc1ccc(CON=C(N)N(C)C(=O)c2cc3ccccc3[nH]2)cc1. The summed E-state index contributed by atoms with van der Waals surface area (Å²) in [7, 11) is 5.62. The van der Waals surface area contributed by atoms with Crippen molar-refractivity contribution in [3.63, 3.8) is 0 Å². The van der Waals surface area contributed by atoms with Crippen molar-refractivity contribution in [1.29, 1.82) is 0 Å². The summed E-state index contributed by atoms with van der Waals surface area (Å²) < 4.78 is 0. The van der Waals surface area contributed by atoms with Gasteiger partial charge in [0.25, 0.3) is 5.91 Å². The number of nitrogens with zero attached hydrogens (tertiary/aromatic N) is 3. The first-order valence-corrected chi connectivity index (χ1v) is 8.98. The Morgan fingerprint density at radius 2 is 1.75 bits per heavy atom. The average Bonchev–Trinajstić information content (AvgIpc) is 3.12. The Kier molecular flexibility index (Phi) is 5.96. The van der Waals surface area contributed by atoms with Gasteiger partial charge in [0.05, 0.1) is 0 Å². The maximum Gasteiger partial charge on any atom is 0.276 e. The molecule has 0 saturated carbocycles. The number of nitrogens with one attached hydrogen (secondary N) is 1. The highest BCUT2D eigenvalue weighted by Gasteiger charge is 2.17. The van der Waals surface area contributed by atoms with Crippen LogP contribution in [0.4, 0.5) is 0 Å². The van der Waals surface area contributed by atoms with Gasteiger partial charge in [-0.15, -0.1) is 0 Å². The van der Waals surface area contributed by atoms with Gasteiger partial charge < -0.3 is 20.5 Å². The smallest absolute Gasteiger partial charge is 0.276 e. The van der Waals surface area contributed by atoms with Gasteiger partial charge in [0.1, 0.15) is 12.3 Å². The summed E-state index contributed by atoms with van der Waals surface area (Å²) >= 11 is 0. The van der Waals surface area contributed by atoms with Crippen molar-refractivity contribution in [3.05, 3.63) is 71.4 Å². The molecular weight excluding hydrogens is 354 g/mol. The van der Waals surface area contributed by atoms with Crippen LogP contribution in [0.3, 0.4) is 0 Å². The number of hydrogen-bond donors (Lipinski definition) is 2. The molecule has 0 spiro atoms. The number of guanidine groups is 1. The summed E-state index contributed by atoms with van der Waals surface area (Å²) in [5, 5.41) is 4.83. The van der Waals surface area contributed by atoms with Crippen molar-refractivity contribution in [2.45, 2.75) is 13.2 Å². The van der Waals surface area contributed by atoms with Crippen molar-refractivity contribution < 1.29 is 9.63 Å². The number of nitrogens with two attached hydrogens (primary N) is 1. The second-order valence-corrected chi connectivity index (χ2v) is 6.91. The lowest BCUT2D eigenvalue weighted by Gasteiger charge is -2.14. The molecule has 0 aliphatic rings. The Labute approximate surface area is 164 Å². The number of oxime groups is 1. The standard InChI is InChI=1S/C21H25N5O2/c1-25(2)13-15-8-10-16(11-9-15)14-28-24-21(22)26(3)20(27)19-12-17-6-4-5-7-18(17)23-19/h4-12,23H,13-14H2,1-3H3,(H2,22,24). The second kappa shape index (κ2) is 8.58. The minimum atomic E-state index is -0.283. The molecule has 146 valence electrons. The van der Waals surface area contributed by atoms with E-state index in [1.54, 1.807) is 13.1 Å². The lowest BCUT2D eigenvalue weighted by molar-refractivity contribution is 0.0845. The molecule has 3 N–H and O–H groups in total. The highest BCUT2D eigenvalue weighted by atomic mass is 16.6. The number of aromatic nitrogens is 1. The summed E-state index contributed by atoms with van der Waals surface area (Å²) in [6.45, 7) is 1.16. The van der Waals surface area contributed by atoms with Crippen LogP contribution >= 0.6 is 0 Å². The van der Waals surface area contributed by atoms with E-state index in [2.05, 4.69) is 27.2 Å². The predicted molar refractivity (Wildman–Crippen MR) is 111 cm³/mol. The van der Waals surface area contributed by atoms with Crippen molar-refractivity contribution >= 4 is 22.8 Å². The number of fused-ring (bicyclic) bond motifs is 1. The number of rotatable bonds is 6. The minimum Gasteiger partial charge on any atom is -0.388 e. The highest BCUT2D eigenvalue weighted by Crippen LogP contribution is 2.15. The molecule has 28 heavy (non-hydrogen) atoms. The Balaban J connectivity index is 1.58. The molecule has 1 aromatic heterocycles. The summed E-state index contributed by atoms with van der Waals surface area (Å²) in [6.07, 6.45) is 0. The van der Waals surface area contributed by atoms with Crippen LogP contribution < -0.4 is 5.73 Å². The number of amides is 1. The van der Waals surface area contributed by atoms with Crippen LogP contribution in [0.1, 0.15) is 21.6 Å². The first-order valence-electron chi connectivity index (χ1n) is 8.98. The van der Waals surface area contributed by atoms with Crippen LogP contribution in [0, 0.1) is 0 Å². The van der Waals surface area contributed by atoms with Crippen LogP contribution in [0.15, 0.2) is 59.8 Å². The number of aromatic amines is 1. The maximum absolute atomic E-state index is 12.6. The fourth-order valence-electron chi connectivity index (χ4n) is 2.81. The zero-order valence-electron chi connectivity index (χ0n) is 16.3. The molecule has 0 unspecified atom stereocenters. The Bertz CT molecular complexity index is 943. The zero-order valence-corrected chi connectivity index (χ0v) is 16.3. The van der Waals surface area contributed by atoms with Crippen molar-refractivity contribution in [3.8, 4) is 0 Å². The van der Waals surface area contributed by atoms with Gasteiger partial charge in [-0.3, -0.25) is 9.69 Å². The first kappa shape index (κ1) is 19.4. The van der Waals surface area contributed by atoms with Gasteiger partial charge in [-0.25, -0.2) is 0 Å². The van der Waals surface area contributed by atoms with E-state index in [9.17, 15) is 4.79 Å². The Morgan fingerprint density at radius 1 is 1.07 bits per heavy atom. The molecule has 0 fully saturated rings. The van der Waals surface area contributed by atoms with Gasteiger partial charge in [0.2, 0.25) is 5.96 Å². The van der Waals surface area contributed by atoms with Gasteiger partial charge in [0, 0.05) is 24.5 Å². The first-order chi connectivity index (χ1) is 13.4. The molecule has 0 aliphatic heterocycles. The van der Waals surface area contributed by atoms with E-state index in [0.29, 0.717) is 5.69 Å². The van der Waals surface area contributed by atoms with Crippen LogP contribution in [0.2, 0.25) is 0 Å². The maximum atomic E-state index is 12.6. The van der Waals surface area contributed by atoms with Gasteiger partial charge in [0.15, 0.2) is 0 Å². The third-order valence-corrected chi connectivity index (χ3v) is 4.32. The molecular formula is C21H25N5O2. The topological polar surface area (TPSA) is 86.9 Å². The molecule has 2 aromatic carbocycles. The Morgan fingerprint density at radius 3 is 2.43 bits per heavy atom. The third kappa shape index (κ3) is 4.69. The van der Waals surface area contributed by atoms with Crippen molar-refractivity contribution in [1.82, 2.24) is 14.8 Å². The molecule has 0 saturated heterocycles. The summed E-state index contributed by atoms with van der Waals surface area (Å²) in [6, 6.07) is 17.6. The van der Waals surface area contributed by atoms with Gasteiger partial charge in [-0.05, 0) is 42.5 Å². The third-order valence-electron chi connectivity index (χ3n) is 4.32. The van der Waals surface area contributed by atoms with E-state index < -0.39 is 0 Å². The lowest BCUT2D eigenvalue weighted by atomic mass is 10.1. The lowest BCUT2D eigenvalue weighted by Crippen LogP contribution is -2.39. The summed E-state index contributed by atoms with van der Waals surface area (Å²) in [5.74, 6) is -0.290. The van der Waals surface area contributed by atoms with Gasteiger partial charge >= 0.3 is 0 Å². The number of H-pyrrole nitrogens is 1. The van der Waals surface area contributed by atoms with E-state index in [-0.39, 0.29) is 18.5 Å². The molecule has 1 heterocycles. The molecule has 0 radical (unpaired) electrons. The fraction of sp³-hybridized carbons (Fsp3) is 0.238. The van der Waals surface area contributed by atoms with E-state index in [1.165, 1.54) is 10.5 Å². The van der Waals surface area contributed by atoms with Crippen LogP contribution in [-0.2, 0) is 18.0 Å². The molecule has 0 aliphatic carbocycles. The quantitative estimate of drug-likeness (QED) is 0.392. The number of carbonyl (C=O) groups excluding carboxylic acids is 1. The average molecular weight is 379 g/mol. The monoisotopic (exact) mass is 379 g/mol. The number of carbonyl (C=O) groups is 1. The van der Waals surface area contributed by atoms with E-state index >= 15 is 0 Å². The van der Waals surface area contributed by atoms with Crippen LogP contribution in [0.25, 0.3) is 10.9 Å². The molecule has 1 amide bonds. The molecule has 7 heteroatoms. The predicted octanol–water partition coefficient (Wildman–Crippen LogP) is 2.75. The van der Waals surface area contributed by atoms with E-state index in [0.717, 1.165) is 23.0 Å². The molecule has 3 rings (SSSR count). The molecule has 0 bridgehead atoms. The number of benzene rings is 2. The molecule has 7 nitrogen and oxygen atoms in total. The fourth-order valence-corrected chi connectivity index (χ4v) is 2.81. The normalized spacial score (nSPS) is 11.8. The van der Waals surface area contributed by atoms with E-state index in [1.807, 2.05) is 50.5 Å². The largest absolute Gasteiger partial charge is 0.388 e. The molecule has 3 aromatic rings. The second-order valence-electron chi connectivity index (χ2n) is 6.91. The minimum absolute atomic E-state index is 0.00659. The van der Waals surface area contributed by atoms with E-state index in [4.69, 9.17) is 10.6 Å². The van der Waals surface area contributed by atoms with Crippen molar-refractivity contribution in [2.75, 3.05) is 21.1 Å². The van der Waals surface area contributed by atoms with Crippen molar-refractivity contribution in [2.24, 2.45) is 10.9 Å². The zero-order chi connectivity index (χ0) is 20.1. The number of hydrogen-bond acceptors (Lipinski definition) is 4. The van der Waals surface area contributed by atoms with Crippen LogP contribution in [0.5, 0.6) is 0 Å². The Hall–Kier alpha value is -3.32.